The number of alkyl halides is 3. The van der Waals surface area contributed by atoms with Crippen LogP contribution in [0.3, 0.4) is 0 Å². The summed E-state index contributed by atoms with van der Waals surface area (Å²) in [4.78, 5) is 3.57. The van der Waals surface area contributed by atoms with E-state index in [1.165, 1.54) is 6.20 Å². The minimum atomic E-state index is -4.41. The Morgan fingerprint density at radius 2 is 2.00 bits per heavy atom. The number of nitrogens with two attached hydrogens (primary N) is 1. The average Bonchev–Trinajstić information content (AvgIpc) is 2.97. The van der Waals surface area contributed by atoms with Gasteiger partial charge in [0.15, 0.2) is 0 Å². The summed E-state index contributed by atoms with van der Waals surface area (Å²) in [6.45, 7) is 0. The van der Waals surface area contributed by atoms with Crippen molar-refractivity contribution in [3.05, 3.63) is 29.6 Å². The maximum atomic E-state index is 12.5. The van der Waals surface area contributed by atoms with Crippen LogP contribution in [0, 0.1) is 5.41 Å². The van der Waals surface area contributed by atoms with Crippen molar-refractivity contribution < 1.29 is 13.2 Å². The number of halogens is 3. The highest BCUT2D eigenvalue weighted by Gasteiger charge is 2.48. The van der Waals surface area contributed by atoms with Gasteiger partial charge in [-0.1, -0.05) is 0 Å². The molecule has 1 aromatic rings. The molecule has 6 heteroatoms. The van der Waals surface area contributed by atoms with E-state index in [0.717, 1.165) is 12.3 Å². The molecule has 3 nitrogen and oxygen atoms in total. The predicted molar refractivity (Wildman–Crippen MR) is 52.1 cm³/mol. The monoisotopic (exact) mass is 229 g/mol. The van der Waals surface area contributed by atoms with E-state index in [1.807, 2.05) is 0 Å². The fraction of sp³-hybridized carbons (Fsp3) is 0.400. The maximum absolute atomic E-state index is 12.5. The van der Waals surface area contributed by atoms with Gasteiger partial charge in [0.1, 0.15) is 5.84 Å². The Labute approximate surface area is 90.0 Å². The minimum Gasteiger partial charge on any atom is -0.387 e. The first kappa shape index (κ1) is 10.9. The molecule has 0 aliphatic heterocycles. The van der Waals surface area contributed by atoms with Crippen LogP contribution in [0.5, 0.6) is 0 Å². The summed E-state index contributed by atoms with van der Waals surface area (Å²) < 4.78 is 37.4. The summed E-state index contributed by atoms with van der Waals surface area (Å²) in [7, 11) is 0. The molecule has 0 saturated heterocycles. The molecule has 16 heavy (non-hydrogen) atoms. The molecule has 1 saturated carbocycles. The van der Waals surface area contributed by atoms with E-state index in [4.69, 9.17) is 11.1 Å². The molecule has 0 spiro atoms. The van der Waals surface area contributed by atoms with Gasteiger partial charge in [-0.3, -0.25) is 10.4 Å². The highest BCUT2D eigenvalue weighted by Crippen LogP contribution is 2.48. The van der Waals surface area contributed by atoms with Gasteiger partial charge in [-0.25, -0.2) is 0 Å². The Kier molecular flexibility index (Phi) is 2.18. The van der Waals surface area contributed by atoms with E-state index in [-0.39, 0.29) is 5.84 Å². The van der Waals surface area contributed by atoms with Crippen molar-refractivity contribution in [3.63, 3.8) is 0 Å². The van der Waals surface area contributed by atoms with Crippen molar-refractivity contribution in [1.82, 2.24) is 4.98 Å². The Morgan fingerprint density at radius 3 is 2.44 bits per heavy atom. The Hall–Kier alpha value is -1.59. The second kappa shape index (κ2) is 3.20. The molecule has 0 bridgehead atoms. The van der Waals surface area contributed by atoms with Gasteiger partial charge in [-0.15, -0.1) is 0 Å². The van der Waals surface area contributed by atoms with Gasteiger partial charge >= 0.3 is 6.18 Å². The van der Waals surface area contributed by atoms with Crippen molar-refractivity contribution >= 4 is 5.84 Å². The molecule has 1 heterocycles. The summed E-state index contributed by atoms with van der Waals surface area (Å²) in [6, 6.07) is 1.03. The standard InChI is InChI=1S/C10H10F3N3/c11-10(12,13)7-3-6(4-16-5-7)9(1-2-9)8(14)15/h3-5H,1-2H2,(H3,14,15). The number of hydrogen-bond acceptors (Lipinski definition) is 2. The smallest absolute Gasteiger partial charge is 0.387 e. The fourth-order valence-corrected chi connectivity index (χ4v) is 1.70. The summed E-state index contributed by atoms with van der Waals surface area (Å²) in [6.07, 6.45) is -1.05. The number of aromatic nitrogens is 1. The summed E-state index contributed by atoms with van der Waals surface area (Å²) >= 11 is 0. The SMILES string of the molecule is N=C(N)C1(c2cncc(C(F)(F)F)c2)CC1. The molecule has 86 valence electrons. The summed E-state index contributed by atoms with van der Waals surface area (Å²) in [5.41, 5.74) is 4.29. The number of hydrogen-bond donors (Lipinski definition) is 2. The molecule has 1 aromatic heterocycles. The zero-order valence-electron chi connectivity index (χ0n) is 8.30. The van der Waals surface area contributed by atoms with Crippen molar-refractivity contribution in [2.45, 2.75) is 24.4 Å². The molecule has 1 aliphatic rings. The van der Waals surface area contributed by atoms with Gasteiger partial charge in [-0.05, 0) is 24.5 Å². The van der Waals surface area contributed by atoms with Crippen LogP contribution in [-0.2, 0) is 11.6 Å². The highest BCUT2D eigenvalue weighted by molar-refractivity contribution is 5.92. The molecular weight excluding hydrogens is 219 g/mol. The van der Waals surface area contributed by atoms with Crippen LogP contribution in [0.15, 0.2) is 18.5 Å². The van der Waals surface area contributed by atoms with Gasteiger partial charge in [0.2, 0.25) is 0 Å². The largest absolute Gasteiger partial charge is 0.417 e. The van der Waals surface area contributed by atoms with Crippen LogP contribution in [0.4, 0.5) is 13.2 Å². The lowest BCUT2D eigenvalue weighted by Gasteiger charge is -2.15. The van der Waals surface area contributed by atoms with E-state index < -0.39 is 17.2 Å². The molecule has 0 unspecified atom stereocenters. The van der Waals surface area contributed by atoms with Crippen molar-refractivity contribution in [2.24, 2.45) is 5.73 Å². The van der Waals surface area contributed by atoms with Crippen molar-refractivity contribution in [3.8, 4) is 0 Å². The lowest BCUT2D eigenvalue weighted by atomic mass is 9.95. The van der Waals surface area contributed by atoms with Gasteiger partial charge in [0.25, 0.3) is 0 Å². The predicted octanol–water partition coefficient (Wildman–Crippen LogP) is 2.07. The van der Waals surface area contributed by atoms with Crippen LogP contribution < -0.4 is 5.73 Å². The van der Waals surface area contributed by atoms with Crippen molar-refractivity contribution in [1.29, 1.82) is 5.41 Å². The third-order valence-corrected chi connectivity index (χ3v) is 2.88. The summed E-state index contributed by atoms with van der Waals surface area (Å²) in [5.74, 6) is -0.0892. The van der Waals surface area contributed by atoms with E-state index in [2.05, 4.69) is 4.98 Å². The highest BCUT2D eigenvalue weighted by atomic mass is 19.4. The Bertz CT molecular complexity index is 435. The fourth-order valence-electron chi connectivity index (χ4n) is 1.70. The molecule has 2 rings (SSSR count). The number of rotatable bonds is 2. The number of pyridine rings is 1. The van der Waals surface area contributed by atoms with E-state index in [9.17, 15) is 13.2 Å². The zero-order chi connectivity index (χ0) is 12.0. The Morgan fingerprint density at radius 1 is 1.38 bits per heavy atom. The van der Waals surface area contributed by atoms with Crippen LogP contribution >= 0.6 is 0 Å². The molecule has 0 amide bonds. The first-order valence-corrected chi connectivity index (χ1v) is 4.73. The molecule has 0 atom stereocenters. The lowest BCUT2D eigenvalue weighted by Crippen LogP contribution is -2.28. The Balaban J connectivity index is 2.41. The van der Waals surface area contributed by atoms with E-state index in [0.29, 0.717) is 18.4 Å². The molecule has 1 fully saturated rings. The second-order valence-corrected chi connectivity index (χ2v) is 3.96. The van der Waals surface area contributed by atoms with Gasteiger partial charge < -0.3 is 5.73 Å². The molecule has 0 radical (unpaired) electrons. The zero-order valence-corrected chi connectivity index (χ0v) is 8.30. The molecular formula is C10H10F3N3. The normalized spacial score (nSPS) is 18.2. The van der Waals surface area contributed by atoms with Gasteiger partial charge in [-0.2, -0.15) is 13.2 Å². The average molecular weight is 229 g/mol. The number of nitrogens with zero attached hydrogens (tertiary/aromatic N) is 1. The van der Waals surface area contributed by atoms with Crippen LogP contribution in [-0.4, -0.2) is 10.8 Å². The van der Waals surface area contributed by atoms with Crippen LogP contribution in [0.25, 0.3) is 0 Å². The first-order chi connectivity index (χ1) is 7.36. The first-order valence-electron chi connectivity index (χ1n) is 4.73. The molecule has 0 aromatic carbocycles. The third-order valence-electron chi connectivity index (χ3n) is 2.88. The number of nitrogens with one attached hydrogen (secondary N) is 1. The third kappa shape index (κ3) is 1.64. The van der Waals surface area contributed by atoms with Crippen molar-refractivity contribution in [2.75, 3.05) is 0 Å². The topological polar surface area (TPSA) is 62.8 Å². The molecule has 3 N–H and O–H groups in total. The number of amidine groups is 1. The van der Waals surface area contributed by atoms with Crippen LogP contribution in [0.2, 0.25) is 0 Å². The van der Waals surface area contributed by atoms with Crippen LogP contribution in [0.1, 0.15) is 24.0 Å². The summed E-state index contributed by atoms with van der Waals surface area (Å²) in [5, 5.41) is 7.39. The maximum Gasteiger partial charge on any atom is 0.417 e. The van der Waals surface area contributed by atoms with Gasteiger partial charge in [0, 0.05) is 12.4 Å². The lowest BCUT2D eigenvalue weighted by molar-refractivity contribution is -0.137. The van der Waals surface area contributed by atoms with E-state index in [1.54, 1.807) is 0 Å². The van der Waals surface area contributed by atoms with Gasteiger partial charge in [0.05, 0.1) is 11.0 Å². The molecule has 1 aliphatic carbocycles. The second-order valence-electron chi connectivity index (χ2n) is 3.96. The quantitative estimate of drug-likeness (QED) is 0.602. The van der Waals surface area contributed by atoms with E-state index >= 15 is 0 Å². The minimum absolute atomic E-state index is 0.0892.